The number of rotatable bonds is 7. The van der Waals surface area contributed by atoms with Crippen molar-refractivity contribution in [3.05, 3.63) is 41.6 Å². The van der Waals surface area contributed by atoms with Crippen molar-refractivity contribution in [3.63, 3.8) is 0 Å². The van der Waals surface area contributed by atoms with Crippen LogP contribution in [0.25, 0.3) is 0 Å². The van der Waals surface area contributed by atoms with Crippen molar-refractivity contribution in [3.8, 4) is 0 Å². The van der Waals surface area contributed by atoms with Crippen LogP contribution in [0.1, 0.15) is 24.6 Å². The van der Waals surface area contributed by atoms with E-state index in [-0.39, 0.29) is 4.90 Å². The van der Waals surface area contributed by atoms with Crippen molar-refractivity contribution in [2.45, 2.75) is 31.1 Å². The number of H-pyrrole nitrogens is 1. The molecule has 2 aromatic rings. The number of nitrogens with zero attached hydrogens (tertiary/aromatic N) is 1. The Labute approximate surface area is 129 Å². The highest BCUT2D eigenvalue weighted by Gasteiger charge is 2.15. The molecule has 0 aliphatic heterocycles. The van der Waals surface area contributed by atoms with Crippen LogP contribution in [0.4, 0.5) is 5.82 Å². The molecular formula is C14H18ClN3O2S. The van der Waals surface area contributed by atoms with Crippen LogP contribution in [0.15, 0.2) is 35.2 Å². The molecule has 0 fully saturated rings. The number of alkyl halides is 1. The number of sulfonamides is 1. The van der Waals surface area contributed by atoms with Gasteiger partial charge in [0.15, 0.2) is 5.82 Å². The summed E-state index contributed by atoms with van der Waals surface area (Å²) in [5.74, 6) is 0.820. The second kappa shape index (κ2) is 6.95. The molecule has 5 nitrogen and oxygen atoms in total. The SMILES string of the molecule is CCCc1cc(NS(=O)(=O)c2ccc(CCCl)cc2)n[nH]1. The fraction of sp³-hybridized carbons (Fsp3) is 0.357. The molecule has 114 valence electrons. The number of nitrogens with one attached hydrogen (secondary N) is 2. The molecule has 0 atom stereocenters. The molecule has 0 aliphatic carbocycles. The van der Waals surface area contributed by atoms with Crippen LogP contribution in [-0.2, 0) is 22.9 Å². The second-order valence-corrected chi connectivity index (χ2v) is 6.78. The average molecular weight is 328 g/mol. The number of aromatic nitrogens is 2. The van der Waals surface area contributed by atoms with Gasteiger partial charge >= 0.3 is 0 Å². The summed E-state index contributed by atoms with van der Waals surface area (Å²) >= 11 is 5.66. The largest absolute Gasteiger partial charge is 0.280 e. The lowest BCUT2D eigenvalue weighted by molar-refractivity contribution is 0.601. The first-order valence-corrected chi connectivity index (χ1v) is 8.79. The zero-order valence-corrected chi connectivity index (χ0v) is 13.3. The minimum Gasteiger partial charge on any atom is -0.280 e. The van der Waals surface area contributed by atoms with E-state index in [1.807, 2.05) is 6.92 Å². The number of hydrogen-bond acceptors (Lipinski definition) is 3. The van der Waals surface area contributed by atoms with Crippen molar-refractivity contribution < 1.29 is 8.42 Å². The van der Waals surface area contributed by atoms with E-state index in [9.17, 15) is 8.42 Å². The van der Waals surface area contributed by atoms with Crippen LogP contribution in [0.2, 0.25) is 0 Å². The normalized spacial score (nSPS) is 11.5. The van der Waals surface area contributed by atoms with Gasteiger partial charge in [0.1, 0.15) is 0 Å². The summed E-state index contributed by atoms with van der Waals surface area (Å²) in [6, 6.07) is 8.39. The van der Waals surface area contributed by atoms with E-state index in [0.29, 0.717) is 11.7 Å². The molecule has 0 saturated heterocycles. The predicted molar refractivity (Wildman–Crippen MR) is 84.3 cm³/mol. The van der Waals surface area contributed by atoms with E-state index < -0.39 is 10.0 Å². The van der Waals surface area contributed by atoms with Gasteiger partial charge in [-0.2, -0.15) is 5.10 Å². The Morgan fingerprint density at radius 1 is 1.24 bits per heavy atom. The number of hydrogen-bond donors (Lipinski definition) is 2. The van der Waals surface area contributed by atoms with Gasteiger partial charge in [-0.25, -0.2) is 8.42 Å². The van der Waals surface area contributed by atoms with Crippen molar-refractivity contribution in [2.24, 2.45) is 0 Å². The molecule has 0 unspecified atom stereocenters. The molecule has 0 spiro atoms. The molecular weight excluding hydrogens is 310 g/mol. The van der Waals surface area contributed by atoms with Gasteiger partial charge in [0.2, 0.25) is 0 Å². The minimum absolute atomic E-state index is 0.209. The summed E-state index contributed by atoms with van der Waals surface area (Å²) in [7, 11) is -3.61. The zero-order valence-electron chi connectivity index (χ0n) is 11.8. The number of aryl methyl sites for hydroxylation is 2. The topological polar surface area (TPSA) is 74.8 Å². The molecule has 0 radical (unpaired) electrons. The van der Waals surface area contributed by atoms with Crippen molar-refractivity contribution in [1.82, 2.24) is 10.2 Å². The summed E-state index contributed by atoms with van der Waals surface area (Å²) in [6.45, 7) is 2.05. The Morgan fingerprint density at radius 2 is 1.95 bits per heavy atom. The fourth-order valence-corrected chi connectivity index (χ4v) is 3.16. The summed E-state index contributed by atoms with van der Waals surface area (Å²) in [4.78, 5) is 0.209. The Balaban J connectivity index is 2.13. The number of anilines is 1. The molecule has 1 aromatic carbocycles. The molecule has 0 saturated carbocycles. The van der Waals surface area contributed by atoms with Crippen LogP contribution in [0.5, 0.6) is 0 Å². The Morgan fingerprint density at radius 3 is 2.57 bits per heavy atom. The van der Waals surface area contributed by atoms with Crippen LogP contribution in [0.3, 0.4) is 0 Å². The number of halogens is 1. The van der Waals surface area contributed by atoms with Gasteiger partial charge < -0.3 is 0 Å². The van der Waals surface area contributed by atoms with Gasteiger partial charge in [0.25, 0.3) is 10.0 Å². The Hall–Kier alpha value is -1.53. The second-order valence-electron chi connectivity index (χ2n) is 4.72. The first-order valence-electron chi connectivity index (χ1n) is 6.77. The third-order valence-electron chi connectivity index (χ3n) is 3.01. The van der Waals surface area contributed by atoms with Gasteiger partial charge in [-0.15, -0.1) is 11.6 Å². The molecule has 7 heteroatoms. The fourth-order valence-electron chi connectivity index (χ4n) is 1.95. The zero-order chi connectivity index (χ0) is 15.3. The molecule has 2 rings (SSSR count). The maximum Gasteiger partial charge on any atom is 0.263 e. The highest BCUT2D eigenvalue weighted by Crippen LogP contribution is 2.16. The van der Waals surface area contributed by atoms with Gasteiger partial charge in [0.05, 0.1) is 4.90 Å². The summed E-state index contributed by atoms with van der Waals surface area (Å²) < 4.78 is 27.0. The smallest absolute Gasteiger partial charge is 0.263 e. The Bertz CT molecular complexity index is 680. The summed E-state index contributed by atoms with van der Waals surface area (Å²) in [5, 5.41) is 6.77. The lowest BCUT2D eigenvalue weighted by Gasteiger charge is -2.06. The number of aromatic amines is 1. The van der Waals surface area contributed by atoms with Crippen LogP contribution >= 0.6 is 11.6 Å². The average Bonchev–Trinajstić information content (AvgIpc) is 2.87. The van der Waals surface area contributed by atoms with Crippen molar-refractivity contribution in [1.29, 1.82) is 0 Å². The molecule has 21 heavy (non-hydrogen) atoms. The highest BCUT2D eigenvalue weighted by molar-refractivity contribution is 7.92. The third kappa shape index (κ3) is 4.22. The van der Waals surface area contributed by atoms with Crippen LogP contribution < -0.4 is 4.72 Å². The number of benzene rings is 1. The minimum atomic E-state index is -3.61. The van der Waals surface area contributed by atoms with Crippen molar-refractivity contribution in [2.75, 3.05) is 10.6 Å². The van der Waals surface area contributed by atoms with E-state index in [0.717, 1.165) is 30.5 Å². The maximum atomic E-state index is 12.2. The predicted octanol–water partition coefficient (Wildman–Crippen LogP) is 2.94. The molecule has 0 amide bonds. The molecule has 2 N–H and O–H groups in total. The van der Waals surface area contributed by atoms with E-state index in [2.05, 4.69) is 14.9 Å². The molecule has 0 bridgehead atoms. The van der Waals surface area contributed by atoms with Gasteiger partial charge in [0, 0.05) is 17.6 Å². The first kappa shape index (κ1) is 15.9. The quantitative estimate of drug-likeness (QED) is 0.768. The van der Waals surface area contributed by atoms with E-state index >= 15 is 0 Å². The summed E-state index contributed by atoms with van der Waals surface area (Å²) in [6.07, 6.45) is 2.52. The van der Waals surface area contributed by atoms with Gasteiger partial charge in [-0.3, -0.25) is 9.82 Å². The lowest BCUT2D eigenvalue weighted by atomic mass is 10.2. The van der Waals surface area contributed by atoms with E-state index in [1.54, 1.807) is 30.3 Å². The molecule has 1 heterocycles. The lowest BCUT2D eigenvalue weighted by Crippen LogP contribution is -2.13. The Kier molecular flexibility index (Phi) is 5.25. The van der Waals surface area contributed by atoms with Gasteiger partial charge in [-0.05, 0) is 30.5 Å². The summed E-state index contributed by atoms with van der Waals surface area (Å²) in [5.41, 5.74) is 1.92. The van der Waals surface area contributed by atoms with Gasteiger partial charge in [-0.1, -0.05) is 25.5 Å². The highest BCUT2D eigenvalue weighted by atomic mass is 35.5. The van der Waals surface area contributed by atoms with E-state index in [1.165, 1.54) is 0 Å². The third-order valence-corrected chi connectivity index (χ3v) is 4.57. The van der Waals surface area contributed by atoms with E-state index in [4.69, 9.17) is 11.6 Å². The van der Waals surface area contributed by atoms with Crippen LogP contribution in [-0.4, -0.2) is 24.5 Å². The van der Waals surface area contributed by atoms with Crippen LogP contribution in [0, 0.1) is 0 Å². The standard InChI is InChI=1S/C14H18ClN3O2S/c1-2-3-12-10-14(17-16-12)18-21(19,20)13-6-4-11(5-7-13)8-9-15/h4-7,10H,2-3,8-9H2,1H3,(H2,16,17,18). The molecule has 0 aliphatic rings. The monoisotopic (exact) mass is 327 g/mol. The first-order chi connectivity index (χ1) is 10.0. The van der Waals surface area contributed by atoms with Crippen molar-refractivity contribution >= 4 is 27.4 Å². The maximum absolute atomic E-state index is 12.2. The molecule has 1 aromatic heterocycles.